The standard InChI is InChI=1S/C11H9BrN4O3/c1-13-10(17)8-2-3-16(15-8)9-7(11(18)19)4-6(12)5-14-9/h2-5H,1H3,(H,13,17)(H,18,19). The lowest BCUT2D eigenvalue weighted by molar-refractivity contribution is 0.0696. The molecule has 0 saturated carbocycles. The Morgan fingerprint density at radius 3 is 2.84 bits per heavy atom. The van der Waals surface area contributed by atoms with Gasteiger partial charge in [0.1, 0.15) is 5.56 Å². The maximum absolute atomic E-state index is 11.4. The lowest BCUT2D eigenvalue weighted by Crippen LogP contribution is -2.19. The summed E-state index contributed by atoms with van der Waals surface area (Å²) in [7, 11) is 1.49. The first-order chi connectivity index (χ1) is 9.02. The molecule has 0 aliphatic heterocycles. The molecule has 19 heavy (non-hydrogen) atoms. The fourth-order valence-electron chi connectivity index (χ4n) is 1.46. The normalized spacial score (nSPS) is 10.2. The molecule has 98 valence electrons. The molecule has 0 saturated heterocycles. The average molecular weight is 325 g/mol. The van der Waals surface area contributed by atoms with E-state index in [1.54, 1.807) is 0 Å². The summed E-state index contributed by atoms with van der Waals surface area (Å²) in [6, 6.07) is 2.90. The quantitative estimate of drug-likeness (QED) is 0.880. The highest BCUT2D eigenvalue weighted by Gasteiger charge is 2.16. The van der Waals surface area contributed by atoms with Crippen molar-refractivity contribution >= 4 is 27.8 Å². The van der Waals surface area contributed by atoms with Gasteiger partial charge in [-0.25, -0.2) is 14.5 Å². The van der Waals surface area contributed by atoms with Crippen LogP contribution in [0.2, 0.25) is 0 Å². The minimum atomic E-state index is -1.12. The monoisotopic (exact) mass is 324 g/mol. The van der Waals surface area contributed by atoms with Gasteiger partial charge in [-0.05, 0) is 28.1 Å². The van der Waals surface area contributed by atoms with Crippen molar-refractivity contribution in [2.45, 2.75) is 0 Å². The predicted octanol–water partition coefficient (Wildman–Crippen LogP) is 1.09. The molecule has 2 heterocycles. The number of nitrogens with zero attached hydrogens (tertiary/aromatic N) is 3. The summed E-state index contributed by atoms with van der Waals surface area (Å²) < 4.78 is 1.80. The van der Waals surface area contributed by atoms with Crippen LogP contribution in [0.1, 0.15) is 20.8 Å². The Labute approximate surface area is 116 Å². The fraction of sp³-hybridized carbons (Fsp3) is 0.0909. The van der Waals surface area contributed by atoms with E-state index in [2.05, 4.69) is 31.3 Å². The summed E-state index contributed by atoms with van der Waals surface area (Å²) in [5.41, 5.74) is 0.171. The smallest absolute Gasteiger partial charge is 0.339 e. The zero-order valence-corrected chi connectivity index (χ0v) is 11.4. The van der Waals surface area contributed by atoms with Gasteiger partial charge < -0.3 is 10.4 Å². The molecule has 1 amide bonds. The number of aromatic nitrogens is 3. The van der Waals surface area contributed by atoms with Crippen molar-refractivity contribution in [1.29, 1.82) is 0 Å². The molecule has 0 spiro atoms. The van der Waals surface area contributed by atoms with Crippen molar-refractivity contribution in [3.8, 4) is 5.82 Å². The lowest BCUT2D eigenvalue weighted by atomic mass is 10.2. The van der Waals surface area contributed by atoms with Crippen LogP contribution in [-0.2, 0) is 0 Å². The zero-order valence-electron chi connectivity index (χ0n) is 9.79. The minimum absolute atomic E-state index is 0.0130. The van der Waals surface area contributed by atoms with Gasteiger partial charge in [0.15, 0.2) is 11.5 Å². The highest BCUT2D eigenvalue weighted by atomic mass is 79.9. The van der Waals surface area contributed by atoms with E-state index in [0.717, 1.165) is 0 Å². The number of carboxylic acids is 1. The van der Waals surface area contributed by atoms with Crippen LogP contribution in [-0.4, -0.2) is 38.8 Å². The molecule has 0 fully saturated rings. The van der Waals surface area contributed by atoms with Crippen LogP contribution < -0.4 is 5.32 Å². The lowest BCUT2D eigenvalue weighted by Gasteiger charge is -2.05. The van der Waals surface area contributed by atoms with Crippen LogP contribution in [0.4, 0.5) is 0 Å². The first kappa shape index (κ1) is 13.2. The third-order valence-electron chi connectivity index (χ3n) is 2.33. The second-order valence-electron chi connectivity index (χ2n) is 3.55. The van der Waals surface area contributed by atoms with E-state index in [9.17, 15) is 9.59 Å². The summed E-state index contributed by atoms with van der Waals surface area (Å²) >= 11 is 3.16. The van der Waals surface area contributed by atoms with Crippen molar-refractivity contribution in [2.24, 2.45) is 0 Å². The number of aromatic carboxylic acids is 1. The molecule has 7 nitrogen and oxygen atoms in total. The molecule has 0 atom stereocenters. The van der Waals surface area contributed by atoms with Gasteiger partial charge in [0.05, 0.1) is 0 Å². The molecule has 0 aliphatic rings. The molecule has 8 heteroatoms. The van der Waals surface area contributed by atoms with E-state index in [0.29, 0.717) is 4.47 Å². The Balaban J connectivity index is 2.50. The molecule has 0 radical (unpaired) electrons. The van der Waals surface area contributed by atoms with E-state index in [1.165, 1.54) is 36.3 Å². The van der Waals surface area contributed by atoms with E-state index in [4.69, 9.17) is 5.11 Å². The van der Waals surface area contributed by atoms with Crippen molar-refractivity contribution in [1.82, 2.24) is 20.1 Å². The summed E-state index contributed by atoms with van der Waals surface area (Å²) in [6.45, 7) is 0. The number of carbonyl (C=O) groups excluding carboxylic acids is 1. The van der Waals surface area contributed by atoms with Crippen molar-refractivity contribution < 1.29 is 14.7 Å². The van der Waals surface area contributed by atoms with Crippen LogP contribution in [0, 0.1) is 0 Å². The molecule has 2 aromatic rings. The number of carboxylic acid groups (broad SMARTS) is 1. The first-order valence-electron chi connectivity index (χ1n) is 5.20. The number of rotatable bonds is 3. The fourth-order valence-corrected chi connectivity index (χ4v) is 1.79. The molecular formula is C11H9BrN4O3. The Morgan fingerprint density at radius 1 is 1.47 bits per heavy atom. The SMILES string of the molecule is CNC(=O)c1ccn(-c2ncc(Br)cc2C(=O)O)n1. The topological polar surface area (TPSA) is 97.1 Å². The van der Waals surface area contributed by atoms with Gasteiger partial charge in [0.25, 0.3) is 5.91 Å². The van der Waals surface area contributed by atoms with E-state index in [-0.39, 0.29) is 23.0 Å². The highest BCUT2D eigenvalue weighted by molar-refractivity contribution is 9.10. The van der Waals surface area contributed by atoms with Gasteiger partial charge in [-0.1, -0.05) is 0 Å². The second kappa shape index (κ2) is 5.19. The van der Waals surface area contributed by atoms with Crippen LogP contribution in [0.25, 0.3) is 5.82 Å². The number of hydrogen-bond donors (Lipinski definition) is 2. The largest absolute Gasteiger partial charge is 0.478 e. The predicted molar refractivity (Wildman–Crippen MR) is 69.4 cm³/mol. The van der Waals surface area contributed by atoms with Gasteiger partial charge in [0.2, 0.25) is 0 Å². The van der Waals surface area contributed by atoms with Gasteiger partial charge in [-0.3, -0.25) is 4.79 Å². The van der Waals surface area contributed by atoms with E-state index in [1.807, 2.05) is 0 Å². The Kier molecular flexibility index (Phi) is 3.61. The van der Waals surface area contributed by atoms with E-state index < -0.39 is 5.97 Å². The molecule has 0 bridgehead atoms. The van der Waals surface area contributed by atoms with Crippen LogP contribution >= 0.6 is 15.9 Å². The summed E-state index contributed by atoms with van der Waals surface area (Å²) in [6.07, 6.45) is 2.94. The Morgan fingerprint density at radius 2 is 2.21 bits per heavy atom. The Bertz CT molecular complexity index is 653. The molecule has 2 aromatic heterocycles. The second-order valence-corrected chi connectivity index (χ2v) is 4.47. The van der Waals surface area contributed by atoms with Gasteiger partial charge >= 0.3 is 5.97 Å². The summed E-state index contributed by atoms with van der Waals surface area (Å²) in [4.78, 5) is 26.6. The molecular weight excluding hydrogens is 316 g/mol. The van der Waals surface area contributed by atoms with E-state index >= 15 is 0 Å². The number of hydrogen-bond acceptors (Lipinski definition) is 4. The molecule has 0 unspecified atom stereocenters. The maximum atomic E-state index is 11.4. The number of amides is 1. The average Bonchev–Trinajstić information content (AvgIpc) is 2.87. The van der Waals surface area contributed by atoms with Crippen LogP contribution in [0.5, 0.6) is 0 Å². The maximum Gasteiger partial charge on any atom is 0.339 e. The summed E-state index contributed by atoms with van der Waals surface area (Å²) in [5, 5.41) is 15.6. The van der Waals surface area contributed by atoms with Crippen molar-refractivity contribution in [3.05, 3.63) is 40.3 Å². The van der Waals surface area contributed by atoms with Gasteiger partial charge in [-0.15, -0.1) is 0 Å². The molecule has 0 aliphatic carbocycles. The molecule has 2 N–H and O–H groups in total. The van der Waals surface area contributed by atoms with Gasteiger partial charge in [-0.2, -0.15) is 5.10 Å². The Hall–Kier alpha value is -2.22. The molecule has 2 rings (SSSR count). The van der Waals surface area contributed by atoms with Crippen molar-refractivity contribution in [2.75, 3.05) is 7.05 Å². The van der Waals surface area contributed by atoms with Gasteiger partial charge in [0, 0.05) is 23.9 Å². The third-order valence-corrected chi connectivity index (χ3v) is 2.76. The summed E-state index contributed by atoms with van der Waals surface area (Å²) in [5.74, 6) is -1.33. The highest BCUT2D eigenvalue weighted by Crippen LogP contribution is 2.17. The number of halogens is 1. The van der Waals surface area contributed by atoms with Crippen LogP contribution in [0.15, 0.2) is 29.0 Å². The zero-order chi connectivity index (χ0) is 14.0. The molecule has 0 aromatic carbocycles. The van der Waals surface area contributed by atoms with Crippen LogP contribution in [0.3, 0.4) is 0 Å². The first-order valence-corrected chi connectivity index (χ1v) is 5.99. The number of carbonyl (C=O) groups is 2. The number of nitrogens with one attached hydrogen (secondary N) is 1. The van der Waals surface area contributed by atoms with Crippen molar-refractivity contribution in [3.63, 3.8) is 0 Å². The number of pyridine rings is 1. The minimum Gasteiger partial charge on any atom is -0.478 e. The third kappa shape index (κ3) is 2.63.